The Morgan fingerprint density at radius 3 is 2.60 bits per heavy atom. The molecule has 0 unspecified atom stereocenters. The fraction of sp³-hybridized carbons (Fsp3) is 0. The van der Waals surface area contributed by atoms with E-state index in [1.807, 2.05) is 0 Å². The molecule has 1 aromatic carbocycles. The Hall–Kier alpha value is -0.470. The Morgan fingerprint density at radius 1 is 1.35 bits per heavy atom. The first kappa shape index (κ1) is 15.9. The third-order valence-electron chi connectivity index (χ3n) is 2.37. The maximum absolute atomic E-state index is 12.1. The number of thiocarbonyl (C=S) groups is 1. The molecule has 3 nitrogen and oxygen atoms in total. The number of benzene rings is 1. The van der Waals surface area contributed by atoms with E-state index < -0.39 is 0 Å². The summed E-state index contributed by atoms with van der Waals surface area (Å²) >= 11 is 19.0. The van der Waals surface area contributed by atoms with Crippen LogP contribution in [0.4, 0.5) is 5.69 Å². The largest absolute Gasteiger partial charge is 0.389 e. The SMILES string of the molecule is NC(=S)c1ccc(Cl)c(NC(=O)c2cc(Br)c(Br)s2)c1. The predicted octanol–water partition coefficient (Wildman–Crippen LogP) is 4.81. The molecule has 1 heterocycles. The van der Waals surface area contributed by atoms with E-state index in [0.717, 1.165) is 8.26 Å². The first-order valence-corrected chi connectivity index (χ1v) is 8.43. The van der Waals surface area contributed by atoms with Crippen molar-refractivity contribution in [2.75, 3.05) is 5.32 Å². The average molecular weight is 455 g/mol. The van der Waals surface area contributed by atoms with E-state index >= 15 is 0 Å². The molecule has 0 bridgehead atoms. The van der Waals surface area contributed by atoms with Crippen molar-refractivity contribution in [2.24, 2.45) is 5.73 Å². The minimum Gasteiger partial charge on any atom is -0.389 e. The van der Waals surface area contributed by atoms with E-state index in [4.69, 9.17) is 29.6 Å². The summed E-state index contributed by atoms with van der Waals surface area (Å²) in [6, 6.07) is 6.74. The van der Waals surface area contributed by atoms with Gasteiger partial charge in [0.2, 0.25) is 0 Å². The molecule has 104 valence electrons. The van der Waals surface area contributed by atoms with Crippen molar-refractivity contribution < 1.29 is 4.79 Å². The number of nitrogens with two attached hydrogens (primary N) is 1. The number of amides is 1. The molecule has 8 heteroatoms. The second-order valence-corrected chi connectivity index (χ2v) is 7.82. The summed E-state index contributed by atoms with van der Waals surface area (Å²) in [6.07, 6.45) is 0. The molecule has 0 radical (unpaired) electrons. The zero-order valence-corrected chi connectivity index (χ0v) is 15.3. The highest BCUT2D eigenvalue weighted by Crippen LogP contribution is 2.33. The lowest BCUT2D eigenvalue weighted by Gasteiger charge is -2.08. The number of anilines is 1. The summed E-state index contributed by atoms with van der Waals surface area (Å²) in [5.74, 6) is -0.247. The maximum Gasteiger partial charge on any atom is 0.265 e. The van der Waals surface area contributed by atoms with Crippen LogP contribution in [0.15, 0.2) is 32.5 Å². The molecular formula is C12H7Br2ClN2OS2. The van der Waals surface area contributed by atoms with Crippen molar-refractivity contribution in [2.45, 2.75) is 0 Å². The molecule has 3 N–H and O–H groups in total. The van der Waals surface area contributed by atoms with Crippen LogP contribution in [0.3, 0.4) is 0 Å². The molecule has 1 aromatic heterocycles. The van der Waals surface area contributed by atoms with Crippen molar-refractivity contribution in [3.8, 4) is 0 Å². The van der Waals surface area contributed by atoms with Gasteiger partial charge < -0.3 is 11.1 Å². The first-order valence-electron chi connectivity index (χ1n) is 5.24. The van der Waals surface area contributed by atoms with Crippen molar-refractivity contribution in [3.05, 3.63) is 48.0 Å². The second-order valence-electron chi connectivity index (χ2n) is 3.75. The fourth-order valence-corrected chi connectivity index (χ4v) is 3.64. The summed E-state index contributed by atoms with van der Waals surface area (Å²) < 4.78 is 1.68. The quantitative estimate of drug-likeness (QED) is 0.655. The molecule has 2 rings (SSSR count). The Bertz CT molecular complexity index is 683. The molecule has 0 aliphatic heterocycles. The Balaban J connectivity index is 2.27. The van der Waals surface area contributed by atoms with Gasteiger partial charge in [0, 0.05) is 10.0 Å². The molecule has 20 heavy (non-hydrogen) atoms. The van der Waals surface area contributed by atoms with Crippen LogP contribution in [0, 0.1) is 0 Å². The molecule has 0 spiro atoms. The molecule has 0 aliphatic rings. The van der Waals surface area contributed by atoms with Crippen molar-refractivity contribution in [3.63, 3.8) is 0 Å². The molecule has 0 atom stereocenters. The summed E-state index contributed by atoms with van der Waals surface area (Å²) in [4.78, 5) is 13.0. The van der Waals surface area contributed by atoms with Gasteiger partial charge >= 0.3 is 0 Å². The number of hydrogen-bond donors (Lipinski definition) is 2. The van der Waals surface area contributed by atoms with Crippen LogP contribution in [-0.2, 0) is 0 Å². The molecule has 0 saturated carbocycles. The van der Waals surface area contributed by atoms with Gasteiger partial charge in [0.25, 0.3) is 5.91 Å². The predicted molar refractivity (Wildman–Crippen MR) is 95.0 cm³/mol. The Morgan fingerprint density at radius 2 is 2.05 bits per heavy atom. The van der Waals surface area contributed by atoms with E-state index in [0.29, 0.717) is 21.2 Å². The zero-order chi connectivity index (χ0) is 14.9. The van der Waals surface area contributed by atoms with E-state index in [1.165, 1.54) is 11.3 Å². The van der Waals surface area contributed by atoms with Crippen molar-refractivity contribution >= 4 is 83.6 Å². The van der Waals surface area contributed by atoms with Gasteiger partial charge in [0.1, 0.15) is 4.99 Å². The van der Waals surface area contributed by atoms with Crippen LogP contribution < -0.4 is 11.1 Å². The lowest BCUT2D eigenvalue weighted by atomic mass is 10.2. The topological polar surface area (TPSA) is 55.1 Å². The fourth-order valence-electron chi connectivity index (χ4n) is 1.42. The van der Waals surface area contributed by atoms with Crippen LogP contribution in [0.5, 0.6) is 0 Å². The Labute approximate surface area is 146 Å². The van der Waals surface area contributed by atoms with Gasteiger partial charge in [-0.25, -0.2) is 0 Å². The lowest BCUT2D eigenvalue weighted by Crippen LogP contribution is -2.13. The number of rotatable bonds is 3. The smallest absolute Gasteiger partial charge is 0.265 e. The van der Waals surface area contributed by atoms with Crippen molar-refractivity contribution in [1.29, 1.82) is 0 Å². The second kappa shape index (κ2) is 6.53. The van der Waals surface area contributed by atoms with Crippen LogP contribution in [-0.4, -0.2) is 10.9 Å². The van der Waals surface area contributed by atoms with Crippen LogP contribution in [0.1, 0.15) is 15.2 Å². The van der Waals surface area contributed by atoms with Gasteiger partial charge in [-0.05, 0) is 50.1 Å². The van der Waals surface area contributed by atoms with E-state index in [-0.39, 0.29) is 10.9 Å². The van der Waals surface area contributed by atoms with Gasteiger partial charge in [-0.15, -0.1) is 11.3 Å². The van der Waals surface area contributed by atoms with Crippen molar-refractivity contribution in [1.82, 2.24) is 0 Å². The highest BCUT2D eigenvalue weighted by atomic mass is 79.9. The number of carbonyl (C=O) groups excluding carboxylic acids is 1. The third-order valence-corrected chi connectivity index (χ3v) is 6.19. The normalized spacial score (nSPS) is 10.3. The van der Waals surface area contributed by atoms with Gasteiger partial charge in [-0.3, -0.25) is 4.79 Å². The number of nitrogens with one attached hydrogen (secondary N) is 1. The number of carbonyl (C=O) groups is 1. The van der Waals surface area contributed by atoms with Crippen LogP contribution >= 0.6 is 67.0 Å². The van der Waals surface area contributed by atoms with Crippen LogP contribution in [0.25, 0.3) is 0 Å². The molecule has 0 aliphatic carbocycles. The highest BCUT2D eigenvalue weighted by molar-refractivity contribution is 9.13. The summed E-state index contributed by atoms with van der Waals surface area (Å²) in [6.45, 7) is 0. The van der Waals surface area contributed by atoms with E-state index in [1.54, 1.807) is 24.3 Å². The molecule has 0 saturated heterocycles. The summed E-state index contributed by atoms with van der Waals surface area (Å²) in [7, 11) is 0. The number of halogens is 3. The summed E-state index contributed by atoms with van der Waals surface area (Å²) in [5.41, 5.74) is 6.68. The average Bonchev–Trinajstić information content (AvgIpc) is 2.72. The van der Waals surface area contributed by atoms with Crippen LogP contribution in [0.2, 0.25) is 5.02 Å². The minimum absolute atomic E-state index is 0.247. The minimum atomic E-state index is -0.247. The molecule has 1 amide bonds. The first-order chi connectivity index (χ1) is 9.38. The maximum atomic E-state index is 12.1. The highest BCUT2D eigenvalue weighted by Gasteiger charge is 2.14. The van der Waals surface area contributed by atoms with Gasteiger partial charge in [0.05, 0.1) is 19.4 Å². The van der Waals surface area contributed by atoms with E-state index in [2.05, 4.69) is 37.2 Å². The molecule has 2 aromatic rings. The van der Waals surface area contributed by atoms with E-state index in [9.17, 15) is 4.79 Å². The molecular weight excluding hydrogens is 448 g/mol. The lowest BCUT2D eigenvalue weighted by molar-refractivity contribution is 0.103. The third kappa shape index (κ3) is 3.59. The summed E-state index contributed by atoms with van der Waals surface area (Å²) in [5, 5.41) is 3.17. The number of thiophene rings is 1. The van der Waals surface area contributed by atoms with Gasteiger partial charge in [0.15, 0.2) is 0 Å². The monoisotopic (exact) mass is 452 g/mol. The Kier molecular flexibility index (Phi) is 5.19. The molecule has 0 fully saturated rings. The van der Waals surface area contributed by atoms with Gasteiger partial charge in [-0.2, -0.15) is 0 Å². The zero-order valence-electron chi connectivity index (χ0n) is 9.75. The number of hydrogen-bond acceptors (Lipinski definition) is 3. The van der Waals surface area contributed by atoms with Gasteiger partial charge in [-0.1, -0.05) is 29.9 Å². The standard InChI is InChI=1S/C12H7Br2ClN2OS2/c13-6-4-9(20-10(6)14)12(18)17-8-3-5(11(16)19)1-2-7(8)15/h1-4H,(H2,16,19)(H,17,18).